The third-order valence-electron chi connectivity index (χ3n) is 16.3. The van der Waals surface area contributed by atoms with Crippen LogP contribution >= 0.6 is 46.1 Å². The molecule has 0 aliphatic heterocycles. The maximum atomic E-state index is 12.7. The average Bonchev–Trinajstić information content (AvgIpc) is 0.852. The van der Waals surface area contributed by atoms with E-state index in [0.29, 0.717) is 61.7 Å². The van der Waals surface area contributed by atoms with Crippen LogP contribution in [0.15, 0.2) is 194 Å². The normalized spacial score (nSPS) is 10.9. The fourth-order valence-electron chi connectivity index (χ4n) is 9.21. The Balaban J connectivity index is 0.000000625. The number of aryl methyl sites for hydroxylation is 1. The summed E-state index contributed by atoms with van der Waals surface area (Å²) in [5.74, 6) is -3.46. The van der Waals surface area contributed by atoms with Crippen LogP contribution in [0.5, 0.6) is 0 Å². The summed E-state index contributed by atoms with van der Waals surface area (Å²) >= 11 is 19.2. The minimum absolute atomic E-state index is 0.00500. The van der Waals surface area contributed by atoms with E-state index in [9.17, 15) is 65.9 Å². The predicted octanol–water partition coefficient (Wildman–Crippen LogP) is 33.6. The van der Waals surface area contributed by atoms with Crippen molar-refractivity contribution in [2.75, 3.05) is 0 Å². The van der Waals surface area contributed by atoms with Gasteiger partial charge in [0.1, 0.15) is 23.3 Å². The quantitative estimate of drug-likeness (QED) is 0.0989. The number of halogens is 18. The molecule has 0 aliphatic rings. The zero-order chi connectivity index (χ0) is 85.8. The Bertz CT molecular complexity index is 4150. The van der Waals surface area contributed by atoms with E-state index >= 15 is 0 Å². The highest BCUT2D eigenvalue weighted by Gasteiger charge is 2.37. The van der Waals surface area contributed by atoms with E-state index in [1.165, 1.54) is 88.3 Å². The van der Waals surface area contributed by atoms with Gasteiger partial charge in [-0.3, -0.25) is 0 Å². The topological polar surface area (TPSA) is 23.8 Å². The molecule has 10 rings (SSSR count). The largest absolute Gasteiger partial charge is 0.416 e. The molecule has 0 N–H and O–H groups in total. The lowest BCUT2D eigenvalue weighted by Gasteiger charge is -2.15. The minimum atomic E-state index is -4.77. The fourth-order valence-corrected chi connectivity index (χ4v) is 10.9. The van der Waals surface area contributed by atoms with Gasteiger partial charge in [0.15, 0.2) is 29.1 Å². The number of nitriles is 1. The van der Waals surface area contributed by atoms with Crippen LogP contribution in [0.2, 0.25) is 15.1 Å². The Kier molecular flexibility index (Phi) is 45.8. The molecule has 0 fully saturated rings. The lowest BCUT2D eigenvalue weighted by molar-refractivity contribution is -0.143. The van der Waals surface area contributed by atoms with E-state index in [-0.39, 0.29) is 41.0 Å². The number of hydrogen-bond acceptors (Lipinski definition) is 2. The van der Waals surface area contributed by atoms with Gasteiger partial charge < -0.3 is 0 Å². The number of hydrogen-bond donors (Lipinski definition) is 0. The van der Waals surface area contributed by atoms with Gasteiger partial charge in [0.25, 0.3) is 0 Å². The molecule has 0 unspecified atom stereocenters. The van der Waals surface area contributed by atoms with Crippen molar-refractivity contribution in [3.05, 3.63) is 338 Å². The summed E-state index contributed by atoms with van der Waals surface area (Å²) in [6.45, 7) is 42.0. The van der Waals surface area contributed by atoms with Crippen LogP contribution in [-0.2, 0) is 12.4 Å². The molecule has 0 aliphatic carbocycles. The average molecular weight is 1650 g/mol. The molecular formula is C92H105Cl3F15NS. The Morgan fingerprint density at radius 3 is 0.929 bits per heavy atom. The first-order chi connectivity index (χ1) is 51.9. The lowest BCUT2D eigenvalue weighted by atomic mass is 9.97. The minimum Gasteiger partial charge on any atom is -0.207 e. The van der Waals surface area contributed by atoms with E-state index in [4.69, 9.17) is 40.1 Å². The molecule has 0 saturated carbocycles. The summed E-state index contributed by atoms with van der Waals surface area (Å²) in [6, 6.07) is 52.8. The predicted molar refractivity (Wildman–Crippen MR) is 437 cm³/mol. The molecule has 0 amide bonds. The van der Waals surface area contributed by atoms with Crippen LogP contribution in [-0.4, -0.2) is 0 Å². The molecule has 0 atom stereocenters. The van der Waals surface area contributed by atoms with E-state index in [0.717, 1.165) is 53.1 Å². The van der Waals surface area contributed by atoms with Crippen molar-refractivity contribution in [1.82, 2.24) is 0 Å². The molecule has 0 bridgehead atoms. The number of nitrogens with zero attached hydrogens (tertiary/aromatic N) is 1. The molecule has 0 radical (unpaired) electrons. The van der Waals surface area contributed by atoms with E-state index in [2.05, 4.69) is 119 Å². The van der Waals surface area contributed by atoms with Gasteiger partial charge in [-0.25, -0.2) is 39.5 Å². The van der Waals surface area contributed by atoms with Gasteiger partial charge >= 0.3 is 12.4 Å². The van der Waals surface area contributed by atoms with Crippen LogP contribution < -0.4 is 0 Å². The number of alkyl halides is 6. The fraction of sp³-hybridized carbons (Fsp3) is 0.359. The first-order valence-corrected chi connectivity index (χ1v) is 38.5. The van der Waals surface area contributed by atoms with E-state index in [1.807, 2.05) is 107 Å². The number of benzene rings is 9. The third kappa shape index (κ3) is 40.6. The van der Waals surface area contributed by atoms with Crippen molar-refractivity contribution in [2.45, 2.75) is 217 Å². The second-order valence-electron chi connectivity index (χ2n) is 29.1. The smallest absolute Gasteiger partial charge is 0.207 e. The molecule has 1 nitrogen and oxygen atoms in total. The van der Waals surface area contributed by atoms with Gasteiger partial charge in [0.2, 0.25) is 0 Å². The van der Waals surface area contributed by atoms with Crippen molar-refractivity contribution in [2.24, 2.45) is 0 Å². The molecule has 112 heavy (non-hydrogen) atoms. The molecule has 1 heterocycles. The van der Waals surface area contributed by atoms with Crippen molar-refractivity contribution < 1.29 is 65.9 Å². The Labute approximate surface area is 674 Å². The maximum Gasteiger partial charge on any atom is 0.416 e. The maximum absolute atomic E-state index is 12.7. The molecule has 20 heteroatoms. The third-order valence-corrected chi connectivity index (χ3v) is 18.2. The Morgan fingerprint density at radius 1 is 0.286 bits per heavy atom. The van der Waals surface area contributed by atoms with Gasteiger partial charge in [-0.15, -0.1) is 11.3 Å². The molecule has 10 aromatic rings. The molecule has 610 valence electrons. The van der Waals surface area contributed by atoms with Crippen molar-refractivity contribution in [1.29, 1.82) is 5.26 Å². The number of rotatable bonds is 10. The van der Waals surface area contributed by atoms with Crippen LogP contribution in [0.4, 0.5) is 65.9 Å². The van der Waals surface area contributed by atoms with Gasteiger partial charge in [0.05, 0.1) is 22.8 Å². The molecule has 1 aromatic heterocycles. The Hall–Kier alpha value is -8.01. The van der Waals surface area contributed by atoms with Gasteiger partial charge in [-0.05, 0) is 244 Å². The zero-order valence-corrected chi connectivity index (χ0v) is 70.5. The molecule has 0 spiro atoms. The van der Waals surface area contributed by atoms with Crippen molar-refractivity contribution >= 4 is 46.1 Å². The highest BCUT2D eigenvalue weighted by Crippen LogP contribution is 2.38. The summed E-state index contributed by atoms with van der Waals surface area (Å²) in [5.41, 5.74) is 6.20. The summed E-state index contributed by atoms with van der Waals surface area (Å²) in [7, 11) is 0. The monoisotopic (exact) mass is 1650 g/mol. The van der Waals surface area contributed by atoms with Gasteiger partial charge in [-0.1, -0.05) is 234 Å². The van der Waals surface area contributed by atoms with Crippen molar-refractivity contribution in [3.8, 4) is 6.07 Å². The molecule has 9 aromatic carbocycles. The van der Waals surface area contributed by atoms with Crippen LogP contribution in [0.1, 0.15) is 274 Å². The SMILES string of the molecule is CC(C)c1cc(C(F)(F)F)cc(C(F)(F)F)c1.CC(C)c1cc(Cl)cc(Cl)c1.CC(C)c1cc(F)c(F)c(F)c1.CC(C)c1cc(F)cc(Cl)c1.CC(C)c1cc(F)cc(F)c1.CC(C)c1ccc(C#N)cc1.CC(C)c1ccc(F)c(F)c1.CC(C)c1ccc(F)cc1.CC(C)c1ccccc1.Cc1ccc(C(C)C)s1. The summed E-state index contributed by atoms with van der Waals surface area (Å²) < 4.78 is 187. The first kappa shape index (κ1) is 102. The highest BCUT2D eigenvalue weighted by atomic mass is 35.5. The zero-order valence-electron chi connectivity index (χ0n) is 67.4. The van der Waals surface area contributed by atoms with Gasteiger partial charge in [0, 0.05) is 30.9 Å². The summed E-state index contributed by atoms with van der Waals surface area (Å²) in [4.78, 5) is 2.91. The molecule has 0 saturated heterocycles. The van der Waals surface area contributed by atoms with E-state index in [1.54, 1.807) is 32.0 Å². The van der Waals surface area contributed by atoms with Crippen LogP contribution in [0.25, 0.3) is 0 Å². The van der Waals surface area contributed by atoms with Crippen molar-refractivity contribution in [3.63, 3.8) is 0 Å². The lowest BCUT2D eigenvalue weighted by Crippen LogP contribution is -2.12. The summed E-state index contributed by atoms with van der Waals surface area (Å²) in [6.07, 6.45) is -9.55. The standard InChI is InChI=1S/C11H10F6.C10H11N.C9H10Cl2.C9H10ClF.C9H9F3.2C9H10F2.C9H11F.C9H12.C8H12S/c1-6(2)7-3-8(10(12,13)14)5-9(4-7)11(15,16)17;1-8(2)10-5-3-9(7-11)4-6-10;2*1-6(2)7-3-8(10)5-9(11)4-7;1-5(2)6-3-7(10)9(12)8(11)4-6;1-6(2)7-3-8(10)5-9(11)4-7;1-6(2)7-3-4-8(10)9(11)5-7;1-7(2)8-3-5-9(10)6-4-8;1-8(2)9-6-4-3-5-7-9;1-6(2)8-5-4-7(3)9-8/h3-6H,1-2H3;3-6,8H,1-2H3;2*3-6H,1-2H3;3-5H,1-2H3;2*3-6H,1-2H3;3-7H,1-2H3;3-8H,1-2H3;4-6H,1-3H3. The Morgan fingerprint density at radius 2 is 0.607 bits per heavy atom. The summed E-state index contributed by atoms with van der Waals surface area (Å²) in [5, 5.41) is 10.4. The molecular weight excluding hydrogens is 1540 g/mol. The van der Waals surface area contributed by atoms with Crippen LogP contribution in [0.3, 0.4) is 0 Å². The second kappa shape index (κ2) is 50.3. The first-order valence-electron chi connectivity index (χ1n) is 36.5. The number of thiophene rings is 1. The second-order valence-corrected chi connectivity index (χ2v) is 31.7. The highest BCUT2D eigenvalue weighted by molar-refractivity contribution is 7.12. The van der Waals surface area contributed by atoms with Crippen LogP contribution in [0, 0.1) is 70.6 Å². The van der Waals surface area contributed by atoms with Gasteiger partial charge in [-0.2, -0.15) is 31.6 Å². The van der Waals surface area contributed by atoms with E-state index < -0.39 is 70.1 Å².